The van der Waals surface area contributed by atoms with Crippen LogP contribution in [0.2, 0.25) is 0 Å². The van der Waals surface area contributed by atoms with E-state index in [0.29, 0.717) is 37.9 Å². The minimum atomic E-state index is -1.17. The molecule has 0 saturated carbocycles. The van der Waals surface area contributed by atoms with E-state index in [-0.39, 0.29) is 18.3 Å². The highest BCUT2D eigenvalue weighted by Gasteiger charge is 2.50. The second-order valence-corrected chi connectivity index (χ2v) is 9.44. The number of hydrogen-bond acceptors (Lipinski definition) is 7. The number of aromatic nitrogens is 4. The first-order valence-electron chi connectivity index (χ1n) is 11.1. The largest absolute Gasteiger partial charge is 0.388 e. The van der Waals surface area contributed by atoms with Crippen molar-refractivity contribution in [1.29, 1.82) is 0 Å². The number of piperidine rings is 1. The minimum absolute atomic E-state index is 0.0302. The maximum Gasteiger partial charge on any atom is 0.349 e. The van der Waals surface area contributed by atoms with Gasteiger partial charge in [0.15, 0.2) is 0 Å². The number of ether oxygens (including phenoxy) is 1. The number of fused-ring (bicyclic) bond motifs is 1. The van der Waals surface area contributed by atoms with Gasteiger partial charge in [-0.25, -0.2) is 9.78 Å². The molecule has 10 nitrogen and oxygen atoms in total. The van der Waals surface area contributed by atoms with Gasteiger partial charge in [-0.2, -0.15) is 4.98 Å². The van der Waals surface area contributed by atoms with Gasteiger partial charge in [0.1, 0.15) is 5.82 Å². The van der Waals surface area contributed by atoms with Crippen LogP contribution in [0.25, 0.3) is 11.0 Å². The van der Waals surface area contributed by atoms with Gasteiger partial charge in [-0.1, -0.05) is 0 Å². The summed E-state index contributed by atoms with van der Waals surface area (Å²) in [5, 5.41) is 11.3. The van der Waals surface area contributed by atoms with Crippen molar-refractivity contribution in [2.24, 2.45) is 7.05 Å². The molecule has 5 rings (SSSR count). The van der Waals surface area contributed by atoms with Gasteiger partial charge in [-0.05, 0) is 44.0 Å². The zero-order chi connectivity index (χ0) is 23.4. The van der Waals surface area contributed by atoms with Crippen molar-refractivity contribution in [1.82, 2.24) is 24.0 Å². The van der Waals surface area contributed by atoms with Crippen LogP contribution in [0.4, 0.5) is 5.82 Å². The summed E-state index contributed by atoms with van der Waals surface area (Å²) < 4.78 is 9.56. The molecule has 4 heterocycles. The lowest BCUT2D eigenvalue weighted by Crippen LogP contribution is -2.59. The van der Waals surface area contributed by atoms with Gasteiger partial charge in [-0.15, -0.1) is 0 Å². The molecule has 2 aliphatic rings. The highest BCUT2D eigenvalue weighted by Crippen LogP contribution is 2.43. The molecule has 0 bridgehead atoms. The molecule has 0 aliphatic carbocycles. The summed E-state index contributed by atoms with van der Waals surface area (Å²) in [5.41, 5.74) is 5.76. The van der Waals surface area contributed by atoms with E-state index in [2.05, 4.69) is 9.97 Å². The number of nitrogen functional groups attached to an aromatic ring is 1. The Morgan fingerprint density at radius 2 is 2.03 bits per heavy atom. The second kappa shape index (κ2) is 7.67. The van der Waals surface area contributed by atoms with Gasteiger partial charge in [0.2, 0.25) is 0 Å². The average Bonchev–Trinajstić information content (AvgIpc) is 3.14. The summed E-state index contributed by atoms with van der Waals surface area (Å²) in [6.07, 6.45) is 4.87. The normalized spacial score (nSPS) is 24.9. The lowest BCUT2D eigenvalue weighted by atomic mass is 9.75. The Morgan fingerprint density at radius 1 is 1.27 bits per heavy atom. The molecule has 2 aliphatic heterocycles. The molecule has 10 heteroatoms. The number of anilines is 1. The maximum atomic E-state index is 13.1. The first-order valence-corrected chi connectivity index (χ1v) is 11.1. The number of likely N-dealkylation sites (tertiary alicyclic amines) is 1. The number of aliphatic hydroxyl groups is 1. The zero-order valence-electron chi connectivity index (χ0n) is 18.8. The van der Waals surface area contributed by atoms with E-state index >= 15 is 0 Å². The molecule has 2 fully saturated rings. The van der Waals surface area contributed by atoms with E-state index in [1.165, 1.54) is 10.6 Å². The average molecular weight is 453 g/mol. The molecule has 1 aromatic carbocycles. The molecule has 1 spiro atoms. The fourth-order valence-corrected chi connectivity index (χ4v) is 5.19. The number of carbonyl (C=O) groups is 1. The molecule has 33 heavy (non-hydrogen) atoms. The van der Waals surface area contributed by atoms with Gasteiger partial charge < -0.3 is 25.0 Å². The summed E-state index contributed by atoms with van der Waals surface area (Å²) in [6, 6.07) is 6.55. The summed E-state index contributed by atoms with van der Waals surface area (Å²) in [7, 11) is 1.92. The van der Waals surface area contributed by atoms with Crippen molar-refractivity contribution in [3.8, 4) is 0 Å². The standard InChI is InChI=1S/C23H28N6O4/c1-22(32)13-23(33-12-18(22)29-8-5-19(24)26-21(29)31)6-9-28(10-7-23)20(30)15-3-4-17-16(11-15)25-14-27(17)2/h3-5,8,11,14,18,32H,6-7,9-10,12-13H2,1-2H3,(H2,24,26,31)/t18-,22-/m1/s1. The van der Waals surface area contributed by atoms with Crippen molar-refractivity contribution in [2.75, 3.05) is 25.4 Å². The Bertz CT molecular complexity index is 1270. The molecule has 3 N–H and O–H groups in total. The number of nitrogens with zero attached hydrogens (tertiary/aromatic N) is 5. The molecule has 0 radical (unpaired) electrons. The first kappa shape index (κ1) is 21.6. The van der Waals surface area contributed by atoms with Crippen LogP contribution < -0.4 is 11.4 Å². The monoisotopic (exact) mass is 452 g/mol. The number of imidazole rings is 1. The minimum Gasteiger partial charge on any atom is -0.388 e. The van der Waals surface area contributed by atoms with E-state index < -0.39 is 22.9 Å². The third-order valence-corrected chi connectivity index (χ3v) is 7.07. The fraction of sp³-hybridized carbons (Fsp3) is 0.478. The topological polar surface area (TPSA) is 128 Å². The van der Waals surface area contributed by atoms with Gasteiger partial charge in [-0.3, -0.25) is 9.36 Å². The Balaban J connectivity index is 1.28. The van der Waals surface area contributed by atoms with E-state index in [0.717, 1.165) is 11.0 Å². The Labute approximate surface area is 190 Å². The third kappa shape index (κ3) is 3.79. The summed E-state index contributed by atoms with van der Waals surface area (Å²) >= 11 is 0. The number of benzene rings is 1. The van der Waals surface area contributed by atoms with E-state index in [4.69, 9.17) is 10.5 Å². The van der Waals surface area contributed by atoms with Crippen LogP contribution in [0.1, 0.15) is 42.6 Å². The van der Waals surface area contributed by atoms with Crippen molar-refractivity contribution >= 4 is 22.8 Å². The SMILES string of the molecule is Cn1cnc2cc(C(=O)N3CCC4(CC3)C[C@@](C)(O)[C@H](n3ccc(N)nc3=O)CO4)ccc21. The number of amides is 1. The molecule has 2 aromatic heterocycles. The molecule has 1 amide bonds. The fourth-order valence-electron chi connectivity index (χ4n) is 5.19. The van der Waals surface area contributed by atoms with Crippen LogP contribution in [0.15, 0.2) is 41.6 Å². The Morgan fingerprint density at radius 3 is 2.73 bits per heavy atom. The van der Waals surface area contributed by atoms with Gasteiger partial charge in [0, 0.05) is 38.3 Å². The molecular weight excluding hydrogens is 424 g/mol. The van der Waals surface area contributed by atoms with Gasteiger partial charge in [0.25, 0.3) is 5.91 Å². The van der Waals surface area contributed by atoms with Crippen LogP contribution >= 0.6 is 0 Å². The maximum absolute atomic E-state index is 13.1. The molecule has 0 unspecified atom stereocenters. The second-order valence-electron chi connectivity index (χ2n) is 9.44. The molecular formula is C23H28N6O4. The van der Waals surface area contributed by atoms with Crippen LogP contribution in [-0.2, 0) is 11.8 Å². The Hall–Kier alpha value is -3.24. The molecule has 2 atom stereocenters. The molecule has 2 saturated heterocycles. The van der Waals surface area contributed by atoms with Crippen LogP contribution in [-0.4, -0.2) is 65.9 Å². The molecule has 174 valence electrons. The number of rotatable bonds is 2. The van der Waals surface area contributed by atoms with E-state index in [1.807, 2.05) is 34.7 Å². The first-order chi connectivity index (χ1) is 15.7. The highest BCUT2D eigenvalue weighted by molar-refractivity contribution is 5.97. The quantitative estimate of drug-likeness (QED) is 0.596. The number of carbonyl (C=O) groups excluding carboxylic acids is 1. The summed E-state index contributed by atoms with van der Waals surface area (Å²) in [6.45, 7) is 2.97. The van der Waals surface area contributed by atoms with Gasteiger partial charge in [0.05, 0.1) is 41.2 Å². The van der Waals surface area contributed by atoms with E-state index in [9.17, 15) is 14.7 Å². The van der Waals surface area contributed by atoms with E-state index in [1.54, 1.807) is 19.4 Å². The van der Waals surface area contributed by atoms with Crippen molar-refractivity contribution < 1.29 is 14.6 Å². The third-order valence-electron chi connectivity index (χ3n) is 7.07. The predicted molar refractivity (Wildman–Crippen MR) is 122 cm³/mol. The smallest absolute Gasteiger partial charge is 0.349 e. The van der Waals surface area contributed by atoms with Crippen LogP contribution in [0.3, 0.4) is 0 Å². The van der Waals surface area contributed by atoms with Crippen molar-refractivity contribution in [3.63, 3.8) is 0 Å². The lowest BCUT2D eigenvalue weighted by molar-refractivity contribution is -0.195. The number of nitrogens with two attached hydrogens (primary N) is 1. The summed E-state index contributed by atoms with van der Waals surface area (Å²) in [5.74, 6) is 0.112. The highest BCUT2D eigenvalue weighted by atomic mass is 16.5. The van der Waals surface area contributed by atoms with Crippen LogP contribution in [0.5, 0.6) is 0 Å². The van der Waals surface area contributed by atoms with Crippen molar-refractivity contribution in [2.45, 2.75) is 43.4 Å². The van der Waals surface area contributed by atoms with Gasteiger partial charge >= 0.3 is 5.69 Å². The molecule has 3 aromatic rings. The number of aryl methyl sites for hydroxylation is 1. The zero-order valence-corrected chi connectivity index (χ0v) is 18.8. The Kier molecular flexibility index (Phi) is 5.02. The number of hydrogen-bond donors (Lipinski definition) is 2. The lowest BCUT2D eigenvalue weighted by Gasteiger charge is -2.51. The van der Waals surface area contributed by atoms with Crippen LogP contribution in [0, 0.1) is 0 Å². The van der Waals surface area contributed by atoms with Crippen molar-refractivity contribution in [3.05, 3.63) is 52.8 Å². The predicted octanol–water partition coefficient (Wildman–Crippen LogP) is 1.10. The summed E-state index contributed by atoms with van der Waals surface area (Å²) in [4.78, 5) is 35.3.